The maximum atomic E-state index is 12.1. The fraction of sp³-hybridized carbons (Fsp3) is 0.214. The topological polar surface area (TPSA) is 84.5 Å². The standard InChI is InChI=1S/C14H16N2O4S2/c1-20-8-7-15-22(18,19)12-9-13(21-10-12)14(17)16-11-5-3-2-4-6-11/h2-6,9-10,15H,7-8H2,1H3,(H,16,17). The highest BCUT2D eigenvalue weighted by molar-refractivity contribution is 7.89. The van der Waals surface area contributed by atoms with E-state index in [1.807, 2.05) is 6.07 Å². The summed E-state index contributed by atoms with van der Waals surface area (Å²) in [6, 6.07) is 10.3. The third kappa shape index (κ3) is 4.38. The molecule has 6 nitrogen and oxygen atoms in total. The first kappa shape index (κ1) is 16.6. The van der Waals surface area contributed by atoms with Gasteiger partial charge in [-0.05, 0) is 18.2 Å². The molecular formula is C14H16N2O4S2. The molecule has 2 N–H and O–H groups in total. The third-order valence-electron chi connectivity index (χ3n) is 2.74. The lowest BCUT2D eigenvalue weighted by Gasteiger charge is -2.04. The summed E-state index contributed by atoms with van der Waals surface area (Å²) in [6.07, 6.45) is 0. The van der Waals surface area contributed by atoms with Crippen molar-refractivity contribution in [3.63, 3.8) is 0 Å². The van der Waals surface area contributed by atoms with Crippen LogP contribution in [0.4, 0.5) is 5.69 Å². The summed E-state index contributed by atoms with van der Waals surface area (Å²) in [5, 5.41) is 4.15. The highest BCUT2D eigenvalue weighted by atomic mass is 32.2. The Morgan fingerprint density at radius 3 is 2.68 bits per heavy atom. The summed E-state index contributed by atoms with van der Waals surface area (Å²) >= 11 is 1.08. The zero-order chi connectivity index (χ0) is 16.0. The maximum Gasteiger partial charge on any atom is 0.265 e. The van der Waals surface area contributed by atoms with Crippen molar-refractivity contribution in [1.29, 1.82) is 0 Å². The first-order chi connectivity index (χ1) is 10.5. The Bertz CT molecular complexity index is 726. The molecule has 0 aliphatic heterocycles. The number of benzene rings is 1. The van der Waals surface area contributed by atoms with Gasteiger partial charge in [-0.3, -0.25) is 4.79 Å². The van der Waals surface area contributed by atoms with Crippen LogP contribution in [0.15, 0.2) is 46.7 Å². The number of hydrogen-bond donors (Lipinski definition) is 2. The van der Waals surface area contributed by atoms with Gasteiger partial charge in [0.25, 0.3) is 5.91 Å². The second-order valence-corrected chi connectivity index (χ2v) is 7.04. The minimum atomic E-state index is -3.62. The van der Waals surface area contributed by atoms with Gasteiger partial charge in [-0.2, -0.15) is 0 Å². The van der Waals surface area contributed by atoms with E-state index in [0.29, 0.717) is 10.6 Å². The second-order valence-electron chi connectivity index (χ2n) is 4.36. The molecule has 0 saturated carbocycles. The van der Waals surface area contributed by atoms with Gasteiger partial charge < -0.3 is 10.1 Å². The van der Waals surface area contributed by atoms with Crippen molar-refractivity contribution in [1.82, 2.24) is 4.72 Å². The lowest BCUT2D eigenvalue weighted by Crippen LogP contribution is -2.26. The van der Waals surface area contributed by atoms with Crippen molar-refractivity contribution >= 4 is 33.0 Å². The largest absolute Gasteiger partial charge is 0.383 e. The number of thiophene rings is 1. The van der Waals surface area contributed by atoms with Crippen LogP contribution in [0.5, 0.6) is 0 Å². The Hall–Kier alpha value is -1.74. The summed E-state index contributed by atoms with van der Waals surface area (Å²) < 4.78 is 31.2. The molecule has 0 spiro atoms. The molecule has 2 aromatic rings. The van der Waals surface area contributed by atoms with E-state index in [9.17, 15) is 13.2 Å². The molecule has 0 fully saturated rings. The SMILES string of the molecule is COCCNS(=O)(=O)c1csc(C(=O)Nc2ccccc2)c1. The molecule has 1 amide bonds. The minimum absolute atomic E-state index is 0.0758. The fourth-order valence-corrected chi connectivity index (χ4v) is 3.84. The average molecular weight is 340 g/mol. The van der Waals surface area contributed by atoms with Crippen LogP contribution in [0.1, 0.15) is 9.67 Å². The smallest absolute Gasteiger partial charge is 0.265 e. The maximum absolute atomic E-state index is 12.1. The van der Waals surface area contributed by atoms with Gasteiger partial charge in [-0.15, -0.1) is 11.3 Å². The van der Waals surface area contributed by atoms with Gasteiger partial charge in [0.05, 0.1) is 16.4 Å². The number of para-hydroxylation sites is 1. The Balaban J connectivity index is 2.06. The van der Waals surface area contributed by atoms with Crippen molar-refractivity contribution in [3.05, 3.63) is 46.7 Å². The van der Waals surface area contributed by atoms with E-state index >= 15 is 0 Å². The van der Waals surface area contributed by atoms with Crippen LogP contribution < -0.4 is 10.0 Å². The van der Waals surface area contributed by atoms with Gasteiger partial charge in [-0.25, -0.2) is 13.1 Å². The van der Waals surface area contributed by atoms with Gasteiger partial charge in [0.15, 0.2) is 0 Å². The number of carbonyl (C=O) groups excluding carboxylic acids is 1. The first-order valence-corrected chi connectivity index (χ1v) is 8.83. The summed E-state index contributed by atoms with van der Waals surface area (Å²) in [4.78, 5) is 12.5. The van der Waals surface area contributed by atoms with Crippen molar-refractivity contribution in [3.8, 4) is 0 Å². The van der Waals surface area contributed by atoms with Gasteiger partial charge >= 0.3 is 0 Å². The fourth-order valence-electron chi connectivity index (χ4n) is 1.65. The molecule has 1 aromatic heterocycles. The lowest BCUT2D eigenvalue weighted by atomic mass is 10.3. The molecule has 0 atom stereocenters. The van der Waals surface area contributed by atoms with Crippen molar-refractivity contribution in [2.24, 2.45) is 0 Å². The molecule has 1 heterocycles. The van der Waals surface area contributed by atoms with E-state index in [1.54, 1.807) is 24.3 Å². The highest BCUT2D eigenvalue weighted by Crippen LogP contribution is 2.20. The zero-order valence-electron chi connectivity index (χ0n) is 11.9. The van der Waals surface area contributed by atoms with Gasteiger partial charge in [-0.1, -0.05) is 18.2 Å². The van der Waals surface area contributed by atoms with Gasteiger partial charge in [0.2, 0.25) is 10.0 Å². The zero-order valence-corrected chi connectivity index (χ0v) is 13.5. The Morgan fingerprint density at radius 2 is 2.00 bits per heavy atom. The monoisotopic (exact) mass is 340 g/mol. The molecule has 118 valence electrons. The van der Waals surface area contributed by atoms with Crippen molar-refractivity contribution in [2.75, 3.05) is 25.6 Å². The normalized spacial score (nSPS) is 11.3. The van der Waals surface area contributed by atoms with E-state index in [2.05, 4.69) is 10.0 Å². The van der Waals surface area contributed by atoms with E-state index in [0.717, 1.165) is 11.3 Å². The number of methoxy groups -OCH3 is 1. The van der Waals surface area contributed by atoms with Crippen molar-refractivity contribution in [2.45, 2.75) is 4.90 Å². The van der Waals surface area contributed by atoms with E-state index in [4.69, 9.17) is 4.74 Å². The van der Waals surface area contributed by atoms with Crippen molar-refractivity contribution < 1.29 is 17.9 Å². The predicted molar refractivity (Wildman–Crippen MR) is 85.8 cm³/mol. The van der Waals surface area contributed by atoms with Crippen LogP contribution in [0.3, 0.4) is 0 Å². The Labute approximate surface area is 133 Å². The molecule has 0 unspecified atom stereocenters. The number of rotatable bonds is 7. The number of anilines is 1. The molecule has 0 aliphatic carbocycles. The van der Waals surface area contributed by atoms with E-state index in [-0.39, 0.29) is 24.0 Å². The second kappa shape index (κ2) is 7.50. The summed E-state index contributed by atoms with van der Waals surface area (Å²) in [5.41, 5.74) is 0.656. The quantitative estimate of drug-likeness (QED) is 0.754. The number of ether oxygens (including phenoxy) is 1. The van der Waals surface area contributed by atoms with Crippen LogP contribution >= 0.6 is 11.3 Å². The molecule has 0 saturated heterocycles. The van der Waals surface area contributed by atoms with E-state index in [1.165, 1.54) is 18.6 Å². The molecule has 0 bridgehead atoms. The lowest BCUT2D eigenvalue weighted by molar-refractivity contribution is 0.103. The molecule has 8 heteroatoms. The number of amides is 1. The van der Waals surface area contributed by atoms with Crippen LogP contribution in [-0.2, 0) is 14.8 Å². The van der Waals surface area contributed by atoms with Crippen LogP contribution in [0.2, 0.25) is 0 Å². The predicted octanol–water partition coefficient (Wildman–Crippen LogP) is 1.93. The highest BCUT2D eigenvalue weighted by Gasteiger charge is 2.18. The van der Waals surface area contributed by atoms with Gasteiger partial charge in [0, 0.05) is 24.7 Å². The first-order valence-electron chi connectivity index (χ1n) is 6.46. The molecule has 22 heavy (non-hydrogen) atoms. The molecular weight excluding hydrogens is 324 g/mol. The number of sulfonamides is 1. The van der Waals surface area contributed by atoms with Crippen LogP contribution in [-0.4, -0.2) is 34.6 Å². The summed E-state index contributed by atoms with van der Waals surface area (Å²) in [7, 11) is -2.13. The summed E-state index contributed by atoms with van der Waals surface area (Å²) in [6.45, 7) is 0.463. The average Bonchev–Trinajstić information content (AvgIpc) is 2.99. The summed E-state index contributed by atoms with van der Waals surface area (Å²) in [5.74, 6) is -0.338. The Kier molecular flexibility index (Phi) is 5.67. The minimum Gasteiger partial charge on any atom is -0.383 e. The van der Waals surface area contributed by atoms with Crippen LogP contribution in [0, 0.1) is 0 Å². The molecule has 1 aromatic carbocycles. The molecule has 0 radical (unpaired) electrons. The third-order valence-corrected chi connectivity index (χ3v) is 5.26. The molecule has 2 rings (SSSR count). The number of nitrogens with one attached hydrogen (secondary N) is 2. The van der Waals surface area contributed by atoms with Crippen LogP contribution in [0.25, 0.3) is 0 Å². The number of carbonyl (C=O) groups is 1. The molecule has 0 aliphatic rings. The van der Waals surface area contributed by atoms with Gasteiger partial charge in [0.1, 0.15) is 0 Å². The Morgan fingerprint density at radius 1 is 1.27 bits per heavy atom. The number of hydrogen-bond acceptors (Lipinski definition) is 5. The van der Waals surface area contributed by atoms with E-state index < -0.39 is 10.0 Å².